The molecule has 3 N–H and O–H groups in total. The molecule has 0 fully saturated rings. The predicted octanol–water partition coefficient (Wildman–Crippen LogP) is 2.07. The number of thiocarbonyl (C=S) groups is 1. The Kier molecular flexibility index (Phi) is 7.55. The van der Waals surface area contributed by atoms with Gasteiger partial charge in [0.2, 0.25) is 10.0 Å². The minimum absolute atomic E-state index is 0.0852. The molecule has 0 aromatic heterocycles. The second-order valence-electron chi connectivity index (χ2n) is 4.37. The zero-order valence-corrected chi connectivity index (χ0v) is 14.2. The van der Waals surface area contributed by atoms with Gasteiger partial charge in [0.25, 0.3) is 0 Å². The number of sulfonamides is 1. The SMILES string of the molecule is CCCOCCCNS(=O)(=O)c1ccc(C(N)=S)c(Cl)c1. The highest BCUT2D eigenvalue weighted by Crippen LogP contribution is 2.20. The van der Waals surface area contributed by atoms with Crippen molar-refractivity contribution < 1.29 is 13.2 Å². The molecule has 8 heteroatoms. The number of halogens is 1. The van der Waals surface area contributed by atoms with Crippen molar-refractivity contribution in [2.45, 2.75) is 24.7 Å². The summed E-state index contributed by atoms with van der Waals surface area (Å²) in [6.45, 7) is 3.53. The Bertz CT molecular complexity index is 591. The van der Waals surface area contributed by atoms with Gasteiger partial charge in [-0.1, -0.05) is 30.7 Å². The van der Waals surface area contributed by atoms with Gasteiger partial charge in [0, 0.05) is 25.3 Å². The molecule has 1 rings (SSSR count). The van der Waals surface area contributed by atoms with Gasteiger partial charge < -0.3 is 10.5 Å². The fourth-order valence-electron chi connectivity index (χ4n) is 1.57. The summed E-state index contributed by atoms with van der Waals surface area (Å²) in [5, 5.41) is 0.219. The third kappa shape index (κ3) is 5.88. The molecule has 0 spiro atoms. The van der Waals surface area contributed by atoms with Crippen LogP contribution in [0.5, 0.6) is 0 Å². The standard InChI is InChI=1S/C13H19ClN2O3S2/c1-2-7-19-8-3-6-16-21(17,18)10-4-5-11(13(15)20)12(14)9-10/h4-5,9,16H,2-3,6-8H2,1H3,(H2,15,20). The van der Waals surface area contributed by atoms with Crippen molar-refractivity contribution in [3.63, 3.8) is 0 Å². The smallest absolute Gasteiger partial charge is 0.240 e. The third-order valence-corrected chi connectivity index (χ3v) is 4.61. The number of rotatable bonds is 9. The molecule has 0 saturated carbocycles. The van der Waals surface area contributed by atoms with E-state index in [9.17, 15) is 8.42 Å². The highest BCUT2D eigenvalue weighted by Gasteiger charge is 2.15. The summed E-state index contributed by atoms with van der Waals surface area (Å²) in [7, 11) is -3.59. The zero-order valence-electron chi connectivity index (χ0n) is 11.8. The van der Waals surface area contributed by atoms with Gasteiger partial charge in [-0.25, -0.2) is 13.1 Å². The number of ether oxygens (including phenoxy) is 1. The second kappa shape index (κ2) is 8.65. The molecule has 0 heterocycles. The molecule has 0 saturated heterocycles. The highest BCUT2D eigenvalue weighted by atomic mass is 35.5. The minimum Gasteiger partial charge on any atom is -0.389 e. The van der Waals surface area contributed by atoms with Crippen LogP contribution in [0.15, 0.2) is 23.1 Å². The average Bonchev–Trinajstić information content (AvgIpc) is 2.42. The molecule has 5 nitrogen and oxygen atoms in total. The van der Waals surface area contributed by atoms with E-state index >= 15 is 0 Å². The van der Waals surface area contributed by atoms with Crippen LogP contribution in [0.2, 0.25) is 5.02 Å². The van der Waals surface area contributed by atoms with Gasteiger partial charge in [-0.2, -0.15) is 0 Å². The third-order valence-electron chi connectivity index (χ3n) is 2.62. The van der Waals surface area contributed by atoms with Crippen molar-refractivity contribution >= 4 is 38.8 Å². The van der Waals surface area contributed by atoms with Crippen LogP contribution < -0.4 is 10.5 Å². The molecule has 0 atom stereocenters. The van der Waals surface area contributed by atoms with E-state index in [1.165, 1.54) is 18.2 Å². The first-order chi connectivity index (χ1) is 9.88. The van der Waals surface area contributed by atoms with Crippen LogP contribution in [-0.4, -0.2) is 33.2 Å². The van der Waals surface area contributed by atoms with Crippen LogP contribution in [0.25, 0.3) is 0 Å². The predicted molar refractivity (Wildman–Crippen MR) is 88.3 cm³/mol. The number of nitrogens with one attached hydrogen (secondary N) is 1. The highest BCUT2D eigenvalue weighted by molar-refractivity contribution is 7.89. The van der Waals surface area contributed by atoms with Crippen molar-refractivity contribution in [3.8, 4) is 0 Å². The Morgan fingerprint density at radius 2 is 2.14 bits per heavy atom. The summed E-state index contributed by atoms with van der Waals surface area (Å²) in [5.74, 6) is 0. The molecule has 0 amide bonds. The number of benzene rings is 1. The number of hydrogen-bond donors (Lipinski definition) is 2. The lowest BCUT2D eigenvalue weighted by Crippen LogP contribution is -2.25. The maximum Gasteiger partial charge on any atom is 0.240 e. The van der Waals surface area contributed by atoms with E-state index in [0.717, 1.165) is 6.42 Å². The first-order valence-corrected chi connectivity index (χ1v) is 8.82. The van der Waals surface area contributed by atoms with Gasteiger partial charge in [-0.15, -0.1) is 0 Å². The van der Waals surface area contributed by atoms with Gasteiger partial charge in [0.1, 0.15) is 4.99 Å². The van der Waals surface area contributed by atoms with Gasteiger partial charge in [0.15, 0.2) is 0 Å². The van der Waals surface area contributed by atoms with Gasteiger partial charge in [0.05, 0.1) is 9.92 Å². The molecule has 1 aromatic rings. The fourth-order valence-corrected chi connectivity index (χ4v) is 3.25. The monoisotopic (exact) mass is 350 g/mol. The van der Waals surface area contributed by atoms with Crippen LogP contribution in [0, 0.1) is 0 Å². The van der Waals surface area contributed by atoms with Crippen LogP contribution in [0.1, 0.15) is 25.3 Å². The molecule has 0 bridgehead atoms. The van der Waals surface area contributed by atoms with Crippen molar-refractivity contribution in [1.82, 2.24) is 4.72 Å². The van der Waals surface area contributed by atoms with Crippen molar-refractivity contribution in [3.05, 3.63) is 28.8 Å². The van der Waals surface area contributed by atoms with E-state index in [2.05, 4.69) is 4.72 Å². The summed E-state index contributed by atoms with van der Waals surface area (Å²) in [6, 6.07) is 4.27. The topological polar surface area (TPSA) is 81.4 Å². The normalized spacial score (nSPS) is 11.5. The average molecular weight is 351 g/mol. The summed E-state index contributed by atoms with van der Waals surface area (Å²) < 4.78 is 31.9. The molecule has 118 valence electrons. The summed E-state index contributed by atoms with van der Waals surface area (Å²) in [4.78, 5) is 0.215. The van der Waals surface area contributed by atoms with Crippen molar-refractivity contribution in [1.29, 1.82) is 0 Å². The van der Waals surface area contributed by atoms with Crippen molar-refractivity contribution in [2.75, 3.05) is 19.8 Å². The van der Waals surface area contributed by atoms with Crippen molar-refractivity contribution in [2.24, 2.45) is 5.73 Å². The minimum atomic E-state index is -3.59. The summed E-state index contributed by atoms with van der Waals surface area (Å²) in [6.07, 6.45) is 1.55. The van der Waals surface area contributed by atoms with E-state index < -0.39 is 10.0 Å². The maximum absolute atomic E-state index is 12.1. The Morgan fingerprint density at radius 1 is 1.43 bits per heavy atom. The Morgan fingerprint density at radius 3 is 2.71 bits per heavy atom. The van der Waals surface area contributed by atoms with Gasteiger partial charge >= 0.3 is 0 Å². The molecule has 0 radical (unpaired) electrons. The van der Waals surface area contributed by atoms with Gasteiger partial charge in [-0.05, 0) is 31.0 Å². The number of hydrogen-bond acceptors (Lipinski definition) is 4. The lowest BCUT2D eigenvalue weighted by molar-refractivity contribution is 0.133. The molecule has 1 aromatic carbocycles. The lowest BCUT2D eigenvalue weighted by Gasteiger charge is -2.09. The first kappa shape index (κ1) is 18.3. The van der Waals surface area contributed by atoms with E-state index in [4.69, 9.17) is 34.3 Å². The Labute approximate surface area is 135 Å². The first-order valence-electron chi connectivity index (χ1n) is 6.55. The van der Waals surface area contributed by atoms with E-state index in [-0.39, 0.29) is 14.9 Å². The molecule has 21 heavy (non-hydrogen) atoms. The van der Waals surface area contributed by atoms with Crippen LogP contribution >= 0.6 is 23.8 Å². The summed E-state index contributed by atoms with van der Waals surface area (Å²) in [5.41, 5.74) is 5.94. The largest absolute Gasteiger partial charge is 0.389 e. The molecular formula is C13H19ClN2O3S2. The molecule has 0 aliphatic heterocycles. The van der Waals surface area contributed by atoms with Crippen LogP contribution in [0.3, 0.4) is 0 Å². The molecular weight excluding hydrogens is 332 g/mol. The molecule has 0 unspecified atom stereocenters. The quantitative estimate of drug-likeness (QED) is 0.526. The van der Waals surface area contributed by atoms with Crippen LogP contribution in [0.4, 0.5) is 0 Å². The Balaban J connectivity index is 2.62. The summed E-state index contributed by atoms with van der Waals surface area (Å²) >= 11 is 10.8. The Hall–Kier alpha value is -0.730. The fraction of sp³-hybridized carbons (Fsp3) is 0.462. The second-order valence-corrected chi connectivity index (χ2v) is 6.98. The van der Waals surface area contributed by atoms with Crippen LogP contribution in [-0.2, 0) is 14.8 Å². The van der Waals surface area contributed by atoms with Gasteiger partial charge in [-0.3, -0.25) is 0 Å². The maximum atomic E-state index is 12.1. The zero-order chi connectivity index (χ0) is 15.9. The van der Waals surface area contributed by atoms with E-state index in [1.54, 1.807) is 0 Å². The van der Waals surface area contributed by atoms with E-state index in [0.29, 0.717) is 31.7 Å². The van der Waals surface area contributed by atoms with E-state index in [1.807, 2.05) is 6.92 Å². The number of nitrogens with two attached hydrogens (primary N) is 1. The molecule has 0 aliphatic rings. The molecule has 0 aliphatic carbocycles. The lowest BCUT2D eigenvalue weighted by atomic mass is 10.2.